The monoisotopic (exact) mass is 266 g/mol. The first-order valence-electron chi connectivity index (χ1n) is 5.45. The van der Waals surface area contributed by atoms with Crippen LogP contribution in [0.5, 0.6) is 5.75 Å². The molecule has 1 aromatic rings. The molecule has 7 heteroatoms. The maximum atomic E-state index is 11.6. The van der Waals surface area contributed by atoms with Crippen molar-refractivity contribution < 1.29 is 24.6 Å². The molecule has 0 bridgehead atoms. The Balaban J connectivity index is 2.54. The summed E-state index contributed by atoms with van der Waals surface area (Å²) in [5.74, 6) is -1.82. The second-order valence-corrected chi connectivity index (χ2v) is 3.84. The largest absolute Gasteiger partial charge is 0.508 e. The minimum atomic E-state index is -1.75. The maximum Gasteiger partial charge on any atom is 0.270 e. The standard InChI is InChI=1S/C12H14N2O5/c1-7(15)6-13-11(18)12(19)14-10(17)8-2-4-9(16)5-3-8/h2-5,12,16,19H,6H2,1H3,(H,13,18)(H,14,17). The first kappa shape index (κ1) is 14.7. The number of phenols is 1. The summed E-state index contributed by atoms with van der Waals surface area (Å²) in [5, 5.41) is 22.7. The molecule has 0 aliphatic heterocycles. The van der Waals surface area contributed by atoms with Gasteiger partial charge in [0.2, 0.25) is 6.23 Å². The molecule has 0 spiro atoms. The van der Waals surface area contributed by atoms with E-state index in [1.807, 2.05) is 0 Å². The number of amides is 2. The number of rotatable bonds is 5. The van der Waals surface area contributed by atoms with Gasteiger partial charge in [0.25, 0.3) is 11.8 Å². The second kappa shape index (κ2) is 6.50. The zero-order valence-electron chi connectivity index (χ0n) is 10.2. The number of nitrogens with one attached hydrogen (secondary N) is 2. The third-order valence-electron chi connectivity index (χ3n) is 2.16. The maximum absolute atomic E-state index is 11.6. The van der Waals surface area contributed by atoms with Crippen LogP contribution in [0.3, 0.4) is 0 Å². The summed E-state index contributed by atoms with van der Waals surface area (Å²) >= 11 is 0. The van der Waals surface area contributed by atoms with E-state index in [-0.39, 0.29) is 23.6 Å². The normalized spacial score (nSPS) is 11.5. The highest BCUT2D eigenvalue weighted by Crippen LogP contribution is 2.09. The Morgan fingerprint density at radius 2 is 1.79 bits per heavy atom. The van der Waals surface area contributed by atoms with Gasteiger partial charge >= 0.3 is 0 Å². The summed E-state index contributed by atoms with van der Waals surface area (Å²) in [5.41, 5.74) is 0.177. The van der Waals surface area contributed by atoms with Crippen LogP contribution in [0.1, 0.15) is 17.3 Å². The number of hydrogen-bond donors (Lipinski definition) is 4. The third kappa shape index (κ3) is 4.76. The summed E-state index contributed by atoms with van der Waals surface area (Å²) in [6.45, 7) is 1.06. The van der Waals surface area contributed by atoms with Gasteiger partial charge in [0, 0.05) is 5.56 Å². The summed E-state index contributed by atoms with van der Waals surface area (Å²) in [6.07, 6.45) is -1.75. The highest BCUT2D eigenvalue weighted by Gasteiger charge is 2.18. The molecule has 0 saturated carbocycles. The summed E-state index contributed by atoms with van der Waals surface area (Å²) in [6, 6.07) is 5.28. The van der Waals surface area contributed by atoms with Crippen molar-refractivity contribution >= 4 is 17.6 Å². The van der Waals surface area contributed by atoms with Crippen LogP contribution in [-0.2, 0) is 9.59 Å². The molecule has 7 nitrogen and oxygen atoms in total. The predicted molar refractivity (Wildman–Crippen MR) is 65.3 cm³/mol. The molecule has 0 aliphatic carbocycles. The van der Waals surface area contributed by atoms with Gasteiger partial charge in [-0.2, -0.15) is 0 Å². The molecule has 0 fully saturated rings. The summed E-state index contributed by atoms with van der Waals surface area (Å²) < 4.78 is 0. The van der Waals surface area contributed by atoms with E-state index in [1.165, 1.54) is 31.2 Å². The fourth-order valence-electron chi connectivity index (χ4n) is 1.19. The van der Waals surface area contributed by atoms with Crippen molar-refractivity contribution in [3.05, 3.63) is 29.8 Å². The minimum absolute atomic E-state index is 0.00343. The molecule has 4 N–H and O–H groups in total. The molecule has 0 radical (unpaired) electrons. The molecule has 19 heavy (non-hydrogen) atoms. The number of aliphatic hydroxyl groups excluding tert-OH is 1. The first-order chi connectivity index (χ1) is 8.90. The fraction of sp³-hybridized carbons (Fsp3) is 0.250. The van der Waals surface area contributed by atoms with E-state index < -0.39 is 18.0 Å². The average molecular weight is 266 g/mol. The number of carbonyl (C=O) groups excluding carboxylic acids is 3. The van der Waals surface area contributed by atoms with Gasteiger partial charge < -0.3 is 20.8 Å². The molecular formula is C12H14N2O5. The molecule has 1 unspecified atom stereocenters. The van der Waals surface area contributed by atoms with E-state index in [0.29, 0.717) is 0 Å². The molecule has 1 aromatic carbocycles. The van der Waals surface area contributed by atoms with Gasteiger partial charge in [0.1, 0.15) is 11.5 Å². The Morgan fingerprint density at radius 1 is 1.21 bits per heavy atom. The van der Waals surface area contributed by atoms with Crippen LogP contribution in [0.2, 0.25) is 0 Å². The minimum Gasteiger partial charge on any atom is -0.508 e. The lowest BCUT2D eigenvalue weighted by molar-refractivity contribution is -0.132. The van der Waals surface area contributed by atoms with Crippen molar-refractivity contribution in [3.8, 4) is 5.75 Å². The van der Waals surface area contributed by atoms with Gasteiger partial charge in [0.05, 0.1) is 6.54 Å². The van der Waals surface area contributed by atoms with Crippen molar-refractivity contribution in [3.63, 3.8) is 0 Å². The molecule has 0 aliphatic rings. The van der Waals surface area contributed by atoms with Crippen LogP contribution in [0, 0.1) is 0 Å². The Morgan fingerprint density at radius 3 is 2.32 bits per heavy atom. The van der Waals surface area contributed by atoms with Crippen LogP contribution in [0.4, 0.5) is 0 Å². The first-order valence-corrected chi connectivity index (χ1v) is 5.45. The van der Waals surface area contributed by atoms with E-state index in [0.717, 1.165) is 0 Å². The van der Waals surface area contributed by atoms with Crippen molar-refractivity contribution in [2.45, 2.75) is 13.2 Å². The molecular weight excluding hydrogens is 252 g/mol. The molecule has 2 amide bonds. The van der Waals surface area contributed by atoms with Gasteiger partial charge in [-0.15, -0.1) is 0 Å². The van der Waals surface area contributed by atoms with Crippen molar-refractivity contribution in [1.82, 2.24) is 10.6 Å². The number of phenolic OH excluding ortho intramolecular Hbond substituents is 1. The lowest BCUT2D eigenvalue weighted by Gasteiger charge is -2.12. The number of aromatic hydroxyl groups is 1. The Hall–Kier alpha value is -2.41. The smallest absolute Gasteiger partial charge is 0.270 e. The van der Waals surface area contributed by atoms with E-state index in [2.05, 4.69) is 10.6 Å². The summed E-state index contributed by atoms with van der Waals surface area (Å²) in [7, 11) is 0. The zero-order chi connectivity index (χ0) is 14.4. The number of benzene rings is 1. The predicted octanol–water partition coefficient (Wildman–Crippen LogP) is -0.854. The van der Waals surface area contributed by atoms with Gasteiger partial charge in [0.15, 0.2) is 0 Å². The Labute approximate surface area is 109 Å². The topological polar surface area (TPSA) is 116 Å². The van der Waals surface area contributed by atoms with E-state index in [4.69, 9.17) is 5.11 Å². The lowest BCUT2D eigenvalue weighted by Crippen LogP contribution is -2.47. The SMILES string of the molecule is CC(=O)CNC(=O)C(O)NC(=O)c1ccc(O)cc1. The number of aliphatic hydroxyl groups is 1. The van der Waals surface area contributed by atoms with Gasteiger partial charge in [-0.3, -0.25) is 14.4 Å². The second-order valence-electron chi connectivity index (χ2n) is 3.84. The highest BCUT2D eigenvalue weighted by atomic mass is 16.3. The molecule has 102 valence electrons. The van der Waals surface area contributed by atoms with Crippen molar-refractivity contribution in [2.24, 2.45) is 0 Å². The average Bonchev–Trinajstić information content (AvgIpc) is 2.36. The van der Waals surface area contributed by atoms with E-state index in [1.54, 1.807) is 0 Å². The van der Waals surface area contributed by atoms with Crippen LogP contribution in [0.25, 0.3) is 0 Å². The van der Waals surface area contributed by atoms with E-state index in [9.17, 15) is 19.5 Å². The van der Waals surface area contributed by atoms with Crippen LogP contribution in [0.15, 0.2) is 24.3 Å². The molecule has 0 aromatic heterocycles. The van der Waals surface area contributed by atoms with Crippen LogP contribution in [-0.4, -0.2) is 40.6 Å². The van der Waals surface area contributed by atoms with Crippen molar-refractivity contribution in [2.75, 3.05) is 6.54 Å². The van der Waals surface area contributed by atoms with Crippen LogP contribution < -0.4 is 10.6 Å². The third-order valence-corrected chi connectivity index (χ3v) is 2.16. The number of Topliss-reactive ketones (excluding diaryl/α,β-unsaturated/α-hetero) is 1. The van der Waals surface area contributed by atoms with Gasteiger partial charge in [-0.25, -0.2) is 0 Å². The quantitative estimate of drug-likeness (QED) is 0.518. The van der Waals surface area contributed by atoms with Gasteiger partial charge in [-0.05, 0) is 31.2 Å². The summed E-state index contributed by atoms with van der Waals surface area (Å²) in [4.78, 5) is 33.5. The fourth-order valence-corrected chi connectivity index (χ4v) is 1.19. The molecule has 1 atom stereocenters. The molecule has 0 saturated heterocycles. The highest BCUT2D eigenvalue weighted by molar-refractivity contribution is 5.97. The van der Waals surface area contributed by atoms with Gasteiger partial charge in [-0.1, -0.05) is 0 Å². The van der Waals surface area contributed by atoms with Crippen molar-refractivity contribution in [1.29, 1.82) is 0 Å². The number of ketones is 1. The van der Waals surface area contributed by atoms with Crippen LogP contribution >= 0.6 is 0 Å². The molecule has 1 rings (SSSR count). The Bertz CT molecular complexity index is 483. The number of hydrogen-bond acceptors (Lipinski definition) is 5. The lowest BCUT2D eigenvalue weighted by atomic mass is 10.2. The molecule has 0 heterocycles. The zero-order valence-corrected chi connectivity index (χ0v) is 10.2. The number of carbonyl (C=O) groups is 3. The Kier molecular flexibility index (Phi) is 5.01. The van der Waals surface area contributed by atoms with E-state index >= 15 is 0 Å².